The highest BCUT2D eigenvalue weighted by atomic mass is 16.3. The standard InChI is InChI=1S/C25H42O2/c1-2-3-4-5-6-7-8-9-10-11-12-13-14-15-16-17-19-23-20-18-21-25(27)24(23)22-26/h18,20-22,27H,2-17,19H2,1H3. The number of aromatic hydroxyl groups is 1. The van der Waals surface area contributed by atoms with E-state index in [1.165, 1.54) is 96.3 Å². The predicted molar refractivity (Wildman–Crippen MR) is 117 cm³/mol. The van der Waals surface area contributed by atoms with E-state index in [9.17, 15) is 9.90 Å². The zero-order chi connectivity index (χ0) is 19.6. The number of phenolic OH excluding ortho intramolecular Hbond substituents is 1. The second-order valence-electron chi connectivity index (χ2n) is 8.02. The molecule has 0 bridgehead atoms. The highest BCUT2D eigenvalue weighted by Gasteiger charge is 2.06. The lowest BCUT2D eigenvalue weighted by Gasteiger charge is -2.06. The Morgan fingerprint density at radius 3 is 1.59 bits per heavy atom. The minimum atomic E-state index is 0.110. The summed E-state index contributed by atoms with van der Waals surface area (Å²) >= 11 is 0. The average molecular weight is 375 g/mol. The number of aldehydes is 1. The van der Waals surface area contributed by atoms with Crippen LogP contribution in [0, 0.1) is 0 Å². The maximum absolute atomic E-state index is 11.1. The highest BCUT2D eigenvalue weighted by molar-refractivity contribution is 5.81. The molecule has 27 heavy (non-hydrogen) atoms. The van der Waals surface area contributed by atoms with Crippen LogP contribution in [0.3, 0.4) is 0 Å². The molecule has 0 unspecified atom stereocenters. The molecule has 0 spiro atoms. The van der Waals surface area contributed by atoms with Gasteiger partial charge in [-0.2, -0.15) is 0 Å². The number of rotatable bonds is 18. The molecule has 0 aliphatic rings. The Morgan fingerprint density at radius 2 is 1.15 bits per heavy atom. The molecule has 0 aliphatic heterocycles. The summed E-state index contributed by atoms with van der Waals surface area (Å²) in [6.07, 6.45) is 23.5. The molecule has 1 aromatic carbocycles. The third-order valence-corrected chi connectivity index (χ3v) is 5.59. The van der Waals surface area contributed by atoms with E-state index in [0.717, 1.165) is 24.7 Å². The molecule has 0 fully saturated rings. The molecule has 0 heterocycles. The van der Waals surface area contributed by atoms with Crippen molar-refractivity contribution in [1.82, 2.24) is 0 Å². The van der Waals surface area contributed by atoms with Crippen LogP contribution in [-0.4, -0.2) is 11.4 Å². The van der Waals surface area contributed by atoms with Crippen molar-refractivity contribution in [3.8, 4) is 5.75 Å². The average Bonchev–Trinajstić information content (AvgIpc) is 2.67. The molecule has 154 valence electrons. The summed E-state index contributed by atoms with van der Waals surface area (Å²) < 4.78 is 0. The first kappa shape index (κ1) is 23.7. The third-order valence-electron chi connectivity index (χ3n) is 5.59. The maximum atomic E-state index is 11.1. The van der Waals surface area contributed by atoms with Crippen LogP contribution in [0.1, 0.15) is 126 Å². The maximum Gasteiger partial charge on any atom is 0.154 e. The number of unbranched alkanes of at least 4 members (excludes halogenated alkanes) is 15. The lowest BCUT2D eigenvalue weighted by atomic mass is 10.00. The van der Waals surface area contributed by atoms with Gasteiger partial charge in [0, 0.05) is 0 Å². The van der Waals surface area contributed by atoms with Gasteiger partial charge in [0.25, 0.3) is 0 Å². The molecule has 0 saturated carbocycles. The Kier molecular flexibility index (Phi) is 14.8. The second kappa shape index (κ2) is 16.8. The molecule has 2 nitrogen and oxygen atoms in total. The highest BCUT2D eigenvalue weighted by Crippen LogP contribution is 2.21. The van der Waals surface area contributed by atoms with E-state index in [2.05, 4.69) is 6.92 Å². The number of carbonyl (C=O) groups is 1. The van der Waals surface area contributed by atoms with Gasteiger partial charge < -0.3 is 5.11 Å². The minimum absolute atomic E-state index is 0.110. The SMILES string of the molecule is CCCCCCCCCCCCCCCCCCc1cccc(O)c1C=O. The fraction of sp³-hybridized carbons (Fsp3) is 0.720. The monoisotopic (exact) mass is 374 g/mol. The van der Waals surface area contributed by atoms with Crippen LogP contribution in [0.5, 0.6) is 5.75 Å². The fourth-order valence-corrected chi connectivity index (χ4v) is 3.82. The molecule has 0 aromatic heterocycles. The number of hydrogen-bond donors (Lipinski definition) is 1. The number of carbonyl (C=O) groups excluding carboxylic acids is 1. The van der Waals surface area contributed by atoms with Crippen LogP contribution in [-0.2, 0) is 6.42 Å². The van der Waals surface area contributed by atoms with Crippen LogP contribution in [0.15, 0.2) is 18.2 Å². The normalized spacial score (nSPS) is 11.0. The third kappa shape index (κ3) is 11.9. The van der Waals surface area contributed by atoms with Gasteiger partial charge in [0.05, 0.1) is 5.56 Å². The van der Waals surface area contributed by atoms with Crippen molar-refractivity contribution in [2.24, 2.45) is 0 Å². The first-order valence-electron chi connectivity index (χ1n) is 11.6. The van der Waals surface area contributed by atoms with Crippen molar-refractivity contribution in [3.05, 3.63) is 29.3 Å². The molecule has 1 aromatic rings. The van der Waals surface area contributed by atoms with Gasteiger partial charge in [-0.15, -0.1) is 0 Å². The van der Waals surface area contributed by atoms with E-state index in [4.69, 9.17) is 0 Å². The molecular formula is C25H42O2. The topological polar surface area (TPSA) is 37.3 Å². The van der Waals surface area contributed by atoms with Gasteiger partial charge in [-0.25, -0.2) is 0 Å². The van der Waals surface area contributed by atoms with Crippen LogP contribution in [0.25, 0.3) is 0 Å². The van der Waals surface area contributed by atoms with Crippen molar-refractivity contribution in [3.63, 3.8) is 0 Å². The van der Waals surface area contributed by atoms with Crippen molar-refractivity contribution in [2.75, 3.05) is 0 Å². The number of phenols is 1. The lowest BCUT2D eigenvalue weighted by molar-refractivity contribution is 0.112. The summed E-state index contributed by atoms with van der Waals surface area (Å²) in [7, 11) is 0. The number of benzene rings is 1. The minimum Gasteiger partial charge on any atom is -0.507 e. The lowest BCUT2D eigenvalue weighted by Crippen LogP contribution is -1.94. The molecule has 0 atom stereocenters. The first-order valence-corrected chi connectivity index (χ1v) is 11.6. The molecular weight excluding hydrogens is 332 g/mol. The molecule has 0 amide bonds. The van der Waals surface area contributed by atoms with Gasteiger partial charge in [0.2, 0.25) is 0 Å². The second-order valence-corrected chi connectivity index (χ2v) is 8.02. The summed E-state index contributed by atoms with van der Waals surface area (Å²) in [6.45, 7) is 2.28. The fourth-order valence-electron chi connectivity index (χ4n) is 3.82. The summed E-state index contributed by atoms with van der Waals surface area (Å²) in [6, 6.07) is 5.36. The van der Waals surface area contributed by atoms with Crippen LogP contribution >= 0.6 is 0 Å². The van der Waals surface area contributed by atoms with Gasteiger partial charge in [-0.1, -0.05) is 115 Å². The quantitative estimate of drug-likeness (QED) is 0.209. The largest absolute Gasteiger partial charge is 0.507 e. The summed E-state index contributed by atoms with van der Waals surface area (Å²) in [5, 5.41) is 9.70. The van der Waals surface area contributed by atoms with E-state index < -0.39 is 0 Å². The summed E-state index contributed by atoms with van der Waals surface area (Å²) in [5.74, 6) is 0.110. The summed E-state index contributed by atoms with van der Waals surface area (Å²) in [4.78, 5) is 11.1. The number of aryl methyl sites for hydroxylation is 1. The van der Waals surface area contributed by atoms with E-state index in [1.54, 1.807) is 6.07 Å². The van der Waals surface area contributed by atoms with E-state index in [0.29, 0.717) is 5.56 Å². The predicted octanol–water partition coefficient (Wildman–Crippen LogP) is 8.01. The van der Waals surface area contributed by atoms with Gasteiger partial charge in [0.15, 0.2) is 6.29 Å². The zero-order valence-electron chi connectivity index (χ0n) is 17.7. The zero-order valence-corrected chi connectivity index (χ0v) is 17.7. The molecule has 0 saturated heterocycles. The van der Waals surface area contributed by atoms with Gasteiger partial charge in [0.1, 0.15) is 5.75 Å². The van der Waals surface area contributed by atoms with E-state index in [1.807, 2.05) is 12.1 Å². The Balaban J connectivity index is 1.86. The van der Waals surface area contributed by atoms with Crippen molar-refractivity contribution in [1.29, 1.82) is 0 Å². The Bertz CT molecular complexity index is 481. The molecule has 0 radical (unpaired) electrons. The number of hydrogen-bond acceptors (Lipinski definition) is 2. The molecule has 1 N–H and O–H groups in total. The van der Waals surface area contributed by atoms with Crippen molar-refractivity contribution < 1.29 is 9.90 Å². The van der Waals surface area contributed by atoms with Gasteiger partial charge in [-0.3, -0.25) is 4.79 Å². The van der Waals surface area contributed by atoms with Gasteiger partial charge >= 0.3 is 0 Å². The Hall–Kier alpha value is -1.31. The van der Waals surface area contributed by atoms with E-state index >= 15 is 0 Å². The van der Waals surface area contributed by atoms with Crippen LogP contribution in [0.4, 0.5) is 0 Å². The van der Waals surface area contributed by atoms with Gasteiger partial charge in [-0.05, 0) is 24.5 Å². The van der Waals surface area contributed by atoms with Crippen molar-refractivity contribution >= 4 is 6.29 Å². The van der Waals surface area contributed by atoms with Crippen molar-refractivity contribution in [2.45, 2.75) is 116 Å². The van der Waals surface area contributed by atoms with E-state index in [-0.39, 0.29) is 5.75 Å². The summed E-state index contributed by atoms with van der Waals surface area (Å²) in [5.41, 5.74) is 1.45. The smallest absolute Gasteiger partial charge is 0.154 e. The Morgan fingerprint density at radius 1 is 0.704 bits per heavy atom. The van der Waals surface area contributed by atoms with Crippen LogP contribution in [0.2, 0.25) is 0 Å². The molecule has 1 rings (SSSR count). The first-order chi connectivity index (χ1) is 13.3. The molecule has 0 aliphatic carbocycles. The van der Waals surface area contributed by atoms with Crippen LogP contribution < -0.4 is 0 Å². The molecule has 2 heteroatoms. The Labute approximate surface area is 167 Å².